The van der Waals surface area contributed by atoms with E-state index < -0.39 is 4.92 Å². The third kappa shape index (κ3) is 4.13. The molecule has 1 N–H and O–H groups in total. The van der Waals surface area contributed by atoms with E-state index in [0.717, 1.165) is 0 Å². The monoisotopic (exact) mass is 389 g/mol. The zero-order valence-corrected chi connectivity index (χ0v) is 14.8. The van der Waals surface area contributed by atoms with Crippen LogP contribution in [0.25, 0.3) is 0 Å². The summed E-state index contributed by atoms with van der Waals surface area (Å²) >= 11 is 11.2. The summed E-state index contributed by atoms with van der Waals surface area (Å²) in [6.07, 6.45) is 1.38. The van der Waals surface area contributed by atoms with Crippen LogP contribution >= 0.6 is 23.8 Å². The number of aromatic nitrogens is 3. The summed E-state index contributed by atoms with van der Waals surface area (Å²) in [5.74, 6) is 1.12. The maximum atomic E-state index is 10.9. The van der Waals surface area contributed by atoms with Crippen LogP contribution < -0.4 is 4.74 Å². The maximum absolute atomic E-state index is 10.9. The van der Waals surface area contributed by atoms with Gasteiger partial charge in [-0.1, -0.05) is 29.8 Å². The van der Waals surface area contributed by atoms with Gasteiger partial charge >= 0.3 is 0 Å². The first kappa shape index (κ1) is 17.8. The number of para-hydroxylation sites is 1. The Morgan fingerprint density at radius 1 is 1.35 bits per heavy atom. The minimum absolute atomic E-state index is 0.0840. The Morgan fingerprint density at radius 2 is 2.12 bits per heavy atom. The van der Waals surface area contributed by atoms with Crippen molar-refractivity contribution in [3.05, 3.63) is 79.8 Å². The second-order valence-corrected chi connectivity index (χ2v) is 5.86. The van der Waals surface area contributed by atoms with E-state index in [1.165, 1.54) is 29.1 Å². The third-order valence-electron chi connectivity index (χ3n) is 3.33. The summed E-state index contributed by atoms with van der Waals surface area (Å²) in [5, 5.41) is 22.1. The summed E-state index contributed by atoms with van der Waals surface area (Å²) in [7, 11) is 0. The molecule has 10 heteroatoms. The van der Waals surface area contributed by atoms with E-state index in [0.29, 0.717) is 22.2 Å². The molecule has 1 aromatic heterocycles. The summed E-state index contributed by atoms with van der Waals surface area (Å²) in [6.45, 7) is 0.136. The highest BCUT2D eigenvalue weighted by Crippen LogP contribution is 2.20. The van der Waals surface area contributed by atoms with Crippen LogP contribution in [0.2, 0.25) is 5.02 Å². The van der Waals surface area contributed by atoms with Crippen LogP contribution in [0.15, 0.2) is 53.6 Å². The number of nitro benzene ring substituents is 1. The smallest absolute Gasteiger partial charge is 0.270 e. The van der Waals surface area contributed by atoms with Gasteiger partial charge in [-0.25, -0.2) is 5.10 Å². The van der Waals surface area contributed by atoms with Crippen LogP contribution in [-0.4, -0.2) is 26.0 Å². The Morgan fingerprint density at radius 3 is 2.85 bits per heavy atom. The van der Waals surface area contributed by atoms with Crippen LogP contribution in [0.5, 0.6) is 5.75 Å². The molecular weight excluding hydrogens is 378 g/mol. The SMILES string of the molecule is O=[N+]([O-])c1ccc(Cl)c(/C=N/n2c(COc3ccccc3)n[nH]c2=S)c1. The number of H-pyrrole nitrogens is 1. The second-order valence-electron chi connectivity index (χ2n) is 5.07. The van der Waals surface area contributed by atoms with Gasteiger partial charge in [0.15, 0.2) is 5.82 Å². The van der Waals surface area contributed by atoms with Crippen LogP contribution in [0.3, 0.4) is 0 Å². The lowest BCUT2D eigenvalue weighted by Gasteiger charge is -2.05. The van der Waals surface area contributed by atoms with Gasteiger partial charge in [-0.3, -0.25) is 10.1 Å². The first-order valence-electron chi connectivity index (χ1n) is 7.37. The highest BCUT2D eigenvalue weighted by molar-refractivity contribution is 7.71. The lowest BCUT2D eigenvalue weighted by atomic mass is 10.2. The van der Waals surface area contributed by atoms with Gasteiger partial charge in [0.2, 0.25) is 4.77 Å². The summed E-state index contributed by atoms with van der Waals surface area (Å²) < 4.78 is 7.26. The molecule has 0 aliphatic rings. The van der Waals surface area contributed by atoms with Crippen molar-refractivity contribution in [3.8, 4) is 5.75 Å². The topological polar surface area (TPSA) is 98.3 Å². The van der Waals surface area contributed by atoms with E-state index >= 15 is 0 Å². The number of hydrogen-bond donors (Lipinski definition) is 1. The Bertz CT molecular complexity index is 1020. The highest BCUT2D eigenvalue weighted by Gasteiger charge is 2.10. The van der Waals surface area contributed by atoms with Gasteiger partial charge < -0.3 is 4.74 Å². The number of non-ortho nitro benzene ring substituents is 1. The molecule has 0 amide bonds. The largest absolute Gasteiger partial charge is 0.486 e. The van der Waals surface area contributed by atoms with Gasteiger partial charge in [-0.05, 0) is 30.4 Å². The molecule has 0 fully saturated rings. The summed E-state index contributed by atoms with van der Waals surface area (Å²) in [4.78, 5) is 10.4. The number of aromatic amines is 1. The number of halogens is 1. The lowest BCUT2D eigenvalue weighted by Crippen LogP contribution is -2.04. The predicted octanol–water partition coefficient (Wildman–Crippen LogP) is 3.96. The van der Waals surface area contributed by atoms with Crippen molar-refractivity contribution >= 4 is 35.7 Å². The van der Waals surface area contributed by atoms with Crippen molar-refractivity contribution in [1.82, 2.24) is 14.9 Å². The Balaban J connectivity index is 1.83. The molecule has 1 heterocycles. The lowest BCUT2D eigenvalue weighted by molar-refractivity contribution is -0.384. The van der Waals surface area contributed by atoms with E-state index in [4.69, 9.17) is 28.6 Å². The fraction of sp³-hybridized carbons (Fsp3) is 0.0625. The van der Waals surface area contributed by atoms with Gasteiger partial charge in [-0.2, -0.15) is 14.9 Å². The Hall–Kier alpha value is -3.04. The van der Waals surface area contributed by atoms with Crippen LogP contribution in [-0.2, 0) is 6.61 Å². The summed E-state index contributed by atoms with van der Waals surface area (Å²) in [5.41, 5.74) is 0.304. The molecule has 8 nitrogen and oxygen atoms in total. The molecule has 3 aromatic rings. The first-order valence-corrected chi connectivity index (χ1v) is 8.15. The van der Waals surface area contributed by atoms with Crippen LogP contribution in [0.4, 0.5) is 5.69 Å². The number of nitrogens with one attached hydrogen (secondary N) is 1. The predicted molar refractivity (Wildman–Crippen MR) is 99.3 cm³/mol. The average Bonchev–Trinajstić information content (AvgIpc) is 2.99. The molecule has 2 aromatic carbocycles. The minimum atomic E-state index is -0.504. The molecular formula is C16H12ClN5O3S. The van der Waals surface area contributed by atoms with E-state index in [1.807, 2.05) is 30.3 Å². The van der Waals surface area contributed by atoms with E-state index in [2.05, 4.69) is 15.3 Å². The molecule has 0 aliphatic carbocycles. The number of benzene rings is 2. The number of nitro groups is 1. The molecule has 0 unspecified atom stereocenters. The number of rotatable bonds is 6. The molecule has 3 rings (SSSR count). The highest BCUT2D eigenvalue weighted by atomic mass is 35.5. The molecule has 0 bridgehead atoms. The third-order valence-corrected chi connectivity index (χ3v) is 3.94. The van der Waals surface area contributed by atoms with E-state index in [-0.39, 0.29) is 17.1 Å². The Labute approximate surface area is 157 Å². The van der Waals surface area contributed by atoms with Gasteiger partial charge in [0.1, 0.15) is 12.4 Å². The van der Waals surface area contributed by atoms with Crippen LogP contribution in [0, 0.1) is 14.9 Å². The molecule has 0 radical (unpaired) electrons. The average molecular weight is 390 g/mol. The fourth-order valence-electron chi connectivity index (χ4n) is 2.06. The van der Waals surface area contributed by atoms with Crippen molar-refractivity contribution in [1.29, 1.82) is 0 Å². The molecule has 0 aliphatic heterocycles. The van der Waals surface area contributed by atoms with E-state index in [9.17, 15) is 10.1 Å². The summed E-state index contributed by atoms with van der Waals surface area (Å²) in [6, 6.07) is 13.3. The quantitative estimate of drug-likeness (QED) is 0.298. The van der Waals surface area contributed by atoms with Crippen molar-refractivity contribution in [2.75, 3.05) is 0 Å². The van der Waals surface area contributed by atoms with Gasteiger partial charge in [0.25, 0.3) is 5.69 Å². The molecule has 26 heavy (non-hydrogen) atoms. The first-order chi connectivity index (χ1) is 12.5. The van der Waals surface area contributed by atoms with Crippen molar-refractivity contribution in [2.24, 2.45) is 5.10 Å². The van der Waals surface area contributed by atoms with E-state index in [1.54, 1.807) is 0 Å². The molecule has 0 saturated heterocycles. The van der Waals surface area contributed by atoms with Gasteiger partial charge in [0, 0.05) is 22.7 Å². The minimum Gasteiger partial charge on any atom is -0.486 e. The van der Waals surface area contributed by atoms with Crippen molar-refractivity contribution < 1.29 is 9.66 Å². The van der Waals surface area contributed by atoms with Gasteiger partial charge in [0.05, 0.1) is 11.1 Å². The number of ether oxygens (including phenoxy) is 1. The fourth-order valence-corrected chi connectivity index (χ4v) is 2.43. The van der Waals surface area contributed by atoms with Crippen molar-refractivity contribution in [3.63, 3.8) is 0 Å². The normalized spacial score (nSPS) is 11.0. The maximum Gasteiger partial charge on any atom is 0.270 e. The second kappa shape index (κ2) is 7.89. The van der Waals surface area contributed by atoms with Crippen LogP contribution in [0.1, 0.15) is 11.4 Å². The zero-order chi connectivity index (χ0) is 18.5. The Kier molecular flexibility index (Phi) is 5.40. The molecule has 0 atom stereocenters. The standard InChI is InChI=1S/C16H12ClN5O3S/c17-14-7-6-12(22(23)24)8-11(14)9-18-21-15(19-20-16(21)26)10-25-13-4-2-1-3-5-13/h1-9H,10H2,(H,20,26)/b18-9+. The number of nitrogens with zero attached hydrogens (tertiary/aromatic N) is 4. The van der Waals surface area contributed by atoms with Gasteiger partial charge in [-0.15, -0.1) is 0 Å². The van der Waals surface area contributed by atoms with Crippen molar-refractivity contribution in [2.45, 2.75) is 6.61 Å². The zero-order valence-electron chi connectivity index (χ0n) is 13.2. The number of hydrogen-bond acceptors (Lipinski definition) is 6. The molecule has 132 valence electrons. The molecule has 0 spiro atoms. The molecule has 0 saturated carbocycles.